The molecule has 0 saturated carbocycles. The summed E-state index contributed by atoms with van der Waals surface area (Å²) in [7, 11) is 0. The van der Waals surface area contributed by atoms with E-state index < -0.39 is 11.9 Å². The van der Waals surface area contributed by atoms with Gasteiger partial charge >= 0.3 is 11.9 Å². The smallest absolute Gasteiger partial charge is 0.339 e. The molecule has 180 valence electrons. The van der Waals surface area contributed by atoms with Crippen molar-refractivity contribution in [3.63, 3.8) is 0 Å². The van der Waals surface area contributed by atoms with E-state index in [4.69, 9.17) is 9.84 Å². The molecule has 0 atom stereocenters. The van der Waals surface area contributed by atoms with Gasteiger partial charge in [0.2, 0.25) is 0 Å². The maximum atomic E-state index is 12.0. The predicted octanol–water partition coefficient (Wildman–Crippen LogP) is 8.00. The summed E-state index contributed by atoms with van der Waals surface area (Å²) >= 11 is 0. The maximum Gasteiger partial charge on any atom is 0.339 e. The number of carbonyl (C=O) groups excluding carboxylic acids is 1. The Labute approximate surface area is 190 Å². The quantitative estimate of drug-likeness (QED) is 0.0820. The number of aliphatic hydroxyl groups is 1. The highest BCUT2D eigenvalue weighted by Gasteiger charge is 2.09. The predicted molar refractivity (Wildman–Crippen MR) is 127 cm³/mol. The van der Waals surface area contributed by atoms with Gasteiger partial charge in [0.1, 0.15) is 5.76 Å². The molecule has 5 heteroatoms. The third-order valence-corrected chi connectivity index (χ3v) is 5.36. The number of carboxylic acids is 1. The van der Waals surface area contributed by atoms with Gasteiger partial charge in [-0.2, -0.15) is 0 Å². The van der Waals surface area contributed by atoms with Crippen LogP contribution in [0.2, 0.25) is 0 Å². The number of carbonyl (C=O) groups is 2. The summed E-state index contributed by atoms with van der Waals surface area (Å²) in [5.41, 5.74) is 0. The second kappa shape index (κ2) is 21.5. The zero-order chi connectivity index (χ0) is 23.2. The van der Waals surface area contributed by atoms with Crippen LogP contribution in [0.4, 0.5) is 0 Å². The molecule has 0 amide bonds. The maximum absolute atomic E-state index is 12.0. The number of carboxylic acid groups (broad SMARTS) is 1. The van der Waals surface area contributed by atoms with Gasteiger partial charge in [-0.3, -0.25) is 0 Å². The number of unbranched alkanes of at least 4 members (excludes halogenated alkanes) is 14. The molecule has 0 aliphatic heterocycles. The summed E-state index contributed by atoms with van der Waals surface area (Å²) in [6, 6.07) is 0. The third-order valence-electron chi connectivity index (χ3n) is 5.36. The molecule has 0 bridgehead atoms. The van der Waals surface area contributed by atoms with Crippen LogP contribution in [0.1, 0.15) is 129 Å². The van der Waals surface area contributed by atoms with Crippen LogP contribution in [-0.2, 0) is 14.3 Å². The Kier molecular flexibility index (Phi) is 20.2. The van der Waals surface area contributed by atoms with Gasteiger partial charge in [0.15, 0.2) is 0 Å². The van der Waals surface area contributed by atoms with Crippen molar-refractivity contribution in [1.82, 2.24) is 0 Å². The average molecular weight is 439 g/mol. The van der Waals surface area contributed by atoms with E-state index in [-0.39, 0.29) is 11.5 Å². The Bertz CT molecular complexity index is 522. The second-order valence-corrected chi connectivity index (χ2v) is 8.46. The molecule has 5 nitrogen and oxygen atoms in total. The number of aliphatic carboxylic acids is 1. The van der Waals surface area contributed by atoms with E-state index >= 15 is 0 Å². The van der Waals surface area contributed by atoms with Gasteiger partial charge in [0.05, 0.1) is 17.9 Å². The van der Waals surface area contributed by atoms with Crippen molar-refractivity contribution in [2.24, 2.45) is 0 Å². The van der Waals surface area contributed by atoms with Crippen molar-refractivity contribution >= 4 is 11.9 Å². The number of allylic oxidation sites excluding steroid dienone is 2. The Morgan fingerprint density at radius 1 is 0.613 bits per heavy atom. The molecular weight excluding hydrogens is 392 g/mol. The Hall–Kier alpha value is -1.78. The first-order valence-corrected chi connectivity index (χ1v) is 12.5. The third kappa shape index (κ3) is 21.2. The molecule has 2 N–H and O–H groups in total. The lowest BCUT2D eigenvalue weighted by molar-refractivity contribution is -0.134. The zero-order valence-electron chi connectivity index (χ0n) is 20.0. The molecule has 0 aliphatic rings. The zero-order valence-corrected chi connectivity index (χ0v) is 20.0. The number of rotatable bonds is 21. The van der Waals surface area contributed by atoms with E-state index in [1.807, 2.05) is 0 Å². The first-order chi connectivity index (χ1) is 15.0. The standard InChI is InChI=1S/C26H46O5/c1-3-5-7-9-11-12-14-16-18-20-24(22-25(28)29)31-26(30)21-23(27)19-17-15-13-10-8-6-4-2/h21-22,27H,3-20H2,1-2H3,(H,28,29). The van der Waals surface area contributed by atoms with Gasteiger partial charge in [-0.25, -0.2) is 9.59 Å². The van der Waals surface area contributed by atoms with Gasteiger partial charge in [-0.05, 0) is 12.8 Å². The molecule has 0 saturated heterocycles. The molecular formula is C26H46O5. The van der Waals surface area contributed by atoms with E-state index in [0.717, 1.165) is 50.7 Å². The Balaban J connectivity index is 4.12. The fraction of sp³-hybridized carbons (Fsp3) is 0.769. The van der Waals surface area contributed by atoms with Crippen LogP contribution in [0.5, 0.6) is 0 Å². The minimum Gasteiger partial charge on any atom is -0.512 e. The van der Waals surface area contributed by atoms with Crippen LogP contribution in [0.3, 0.4) is 0 Å². The fourth-order valence-corrected chi connectivity index (χ4v) is 3.53. The molecule has 0 aromatic carbocycles. The molecule has 31 heavy (non-hydrogen) atoms. The second-order valence-electron chi connectivity index (χ2n) is 8.46. The van der Waals surface area contributed by atoms with Crippen molar-refractivity contribution in [3.8, 4) is 0 Å². The van der Waals surface area contributed by atoms with Crippen molar-refractivity contribution in [2.75, 3.05) is 0 Å². The van der Waals surface area contributed by atoms with Crippen LogP contribution in [0.25, 0.3) is 0 Å². The fourth-order valence-electron chi connectivity index (χ4n) is 3.53. The SMILES string of the molecule is CCCCCCCCCCCC(=CC(=O)O)OC(=O)C=C(O)CCCCCCCCC. The minimum absolute atomic E-state index is 0.00342. The normalized spacial score (nSPS) is 12.2. The molecule has 0 rings (SSSR count). The van der Waals surface area contributed by atoms with Crippen molar-refractivity contribution in [1.29, 1.82) is 0 Å². The van der Waals surface area contributed by atoms with Gasteiger partial charge in [-0.1, -0.05) is 104 Å². The lowest BCUT2D eigenvalue weighted by Crippen LogP contribution is -2.05. The molecule has 0 fully saturated rings. The monoisotopic (exact) mass is 438 g/mol. The number of aliphatic hydroxyl groups excluding tert-OH is 1. The van der Waals surface area contributed by atoms with E-state index in [1.165, 1.54) is 64.2 Å². The summed E-state index contributed by atoms with van der Waals surface area (Å²) in [5.74, 6) is -1.68. The highest BCUT2D eigenvalue weighted by molar-refractivity contribution is 5.85. The topological polar surface area (TPSA) is 83.8 Å². The molecule has 0 aromatic heterocycles. The van der Waals surface area contributed by atoms with Gasteiger partial charge in [-0.15, -0.1) is 0 Å². The molecule has 0 aliphatic carbocycles. The molecule has 0 radical (unpaired) electrons. The molecule has 0 heterocycles. The first kappa shape index (κ1) is 29.2. The number of hydrogen-bond donors (Lipinski definition) is 2. The van der Waals surface area contributed by atoms with E-state index in [1.54, 1.807) is 0 Å². The number of esters is 1. The highest BCUT2D eigenvalue weighted by Crippen LogP contribution is 2.16. The van der Waals surface area contributed by atoms with Crippen LogP contribution in [0, 0.1) is 0 Å². The molecule has 0 spiro atoms. The lowest BCUT2D eigenvalue weighted by Gasteiger charge is -2.07. The highest BCUT2D eigenvalue weighted by atomic mass is 16.5. The Morgan fingerprint density at radius 3 is 1.48 bits per heavy atom. The largest absolute Gasteiger partial charge is 0.512 e. The lowest BCUT2D eigenvalue weighted by atomic mass is 10.1. The first-order valence-electron chi connectivity index (χ1n) is 12.5. The van der Waals surface area contributed by atoms with E-state index in [0.29, 0.717) is 12.8 Å². The van der Waals surface area contributed by atoms with Crippen molar-refractivity contribution < 1.29 is 24.5 Å². The van der Waals surface area contributed by atoms with Gasteiger partial charge in [0.25, 0.3) is 0 Å². The molecule has 0 unspecified atom stereocenters. The van der Waals surface area contributed by atoms with Gasteiger partial charge in [0, 0.05) is 12.8 Å². The summed E-state index contributed by atoms with van der Waals surface area (Å²) in [5, 5.41) is 18.9. The number of hydrogen-bond acceptors (Lipinski definition) is 4. The van der Waals surface area contributed by atoms with E-state index in [9.17, 15) is 14.7 Å². The summed E-state index contributed by atoms with van der Waals surface area (Å²) in [4.78, 5) is 23.0. The number of ether oxygens (including phenoxy) is 1. The minimum atomic E-state index is -1.13. The van der Waals surface area contributed by atoms with Gasteiger partial charge < -0.3 is 14.9 Å². The summed E-state index contributed by atoms with van der Waals surface area (Å²) < 4.78 is 5.18. The van der Waals surface area contributed by atoms with Crippen LogP contribution in [0.15, 0.2) is 23.7 Å². The van der Waals surface area contributed by atoms with Crippen LogP contribution >= 0.6 is 0 Å². The Morgan fingerprint density at radius 2 is 1.03 bits per heavy atom. The van der Waals surface area contributed by atoms with Crippen LogP contribution in [-0.4, -0.2) is 22.2 Å². The van der Waals surface area contributed by atoms with E-state index in [2.05, 4.69) is 13.8 Å². The average Bonchev–Trinajstić information content (AvgIpc) is 2.71. The van der Waals surface area contributed by atoms with Crippen molar-refractivity contribution in [3.05, 3.63) is 23.7 Å². The summed E-state index contributed by atoms with van der Waals surface area (Å²) in [6.45, 7) is 4.40. The summed E-state index contributed by atoms with van der Waals surface area (Å²) in [6.07, 6.45) is 21.3. The van der Waals surface area contributed by atoms with Crippen LogP contribution < -0.4 is 0 Å². The van der Waals surface area contributed by atoms with Crippen molar-refractivity contribution in [2.45, 2.75) is 129 Å². The molecule has 0 aromatic rings.